The molecule has 0 unspecified atom stereocenters. The molecular formula is C23H26F2N4O4. The number of nitrogens with zero attached hydrogens (tertiary/aromatic N) is 3. The smallest absolute Gasteiger partial charge is 0.407 e. The van der Waals surface area contributed by atoms with Crippen molar-refractivity contribution in [1.82, 2.24) is 20.1 Å². The molecule has 0 atom stereocenters. The fraction of sp³-hybridized carbons (Fsp3) is 0.348. The van der Waals surface area contributed by atoms with Crippen LogP contribution in [-0.4, -0.2) is 46.7 Å². The second-order valence-electron chi connectivity index (χ2n) is 8.03. The van der Waals surface area contributed by atoms with Crippen molar-refractivity contribution in [3.05, 3.63) is 54.4 Å². The molecular weight excluding hydrogens is 434 g/mol. The maximum atomic E-state index is 13.3. The van der Waals surface area contributed by atoms with E-state index in [4.69, 9.17) is 14.2 Å². The minimum Gasteiger partial charge on any atom is -0.492 e. The summed E-state index contributed by atoms with van der Waals surface area (Å²) in [6.45, 7) is 5.86. The standard InChI is InChI=1S/C23H26F2N4O4/c1-23(2,3)33-22(30)26-11-12-32-17-8-5-15(6-9-17)19-13-18(21(24)25)28-29(19)16-7-10-20(31-4)27-14-16/h5-10,13-14,21H,11-12H2,1-4H3,(H,26,30). The SMILES string of the molecule is COc1ccc(-n2nc(C(F)F)cc2-c2ccc(OCCNC(=O)OC(C)(C)C)cc2)cn1. The largest absolute Gasteiger partial charge is 0.492 e. The van der Waals surface area contributed by atoms with Gasteiger partial charge in [0.15, 0.2) is 0 Å². The van der Waals surface area contributed by atoms with Gasteiger partial charge in [0, 0.05) is 11.6 Å². The van der Waals surface area contributed by atoms with Crippen LogP contribution in [0.25, 0.3) is 16.9 Å². The topological polar surface area (TPSA) is 87.5 Å². The molecule has 8 nitrogen and oxygen atoms in total. The lowest BCUT2D eigenvalue weighted by atomic mass is 10.1. The first-order valence-corrected chi connectivity index (χ1v) is 10.2. The number of nitrogens with one attached hydrogen (secondary N) is 1. The van der Waals surface area contributed by atoms with Crippen LogP contribution in [-0.2, 0) is 4.74 Å². The Hall–Kier alpha value is -3.69. The van der Waals surface area contributed by atoms with Gasteiger partial charge in [0.2, 0.25) is 5.88 Å². The number of aromatic nitrogens is 3. The summed E-state index contributed by atoms with van der Waals surface area (Å²) in [6, 6.07) is 11.6. The molecule has 10 heteroatoms. The van der Waals surface area contributed by atoms with Gasteiger partial charge in [0.1, 0.15) is 23.7 Å². The number of methoxy groups -OCH3 is 1. The molecule has 0 fully saturated rings. The van der Waals surface area contributed by atoms with Crippen molar-refractivity contribution in [2.75, 3.05) is 20.3 Å². The Morgan fingerprint density at radius 1 is 1.15 bits per heavy atom. The van der Waals surface area contributed by atoms with E-state index in [0.29, 0.717) is 28.6 Å². The second-order valence-corrected chi connectivity index (χ2v) is 8.03. The molecule has 1 amide bonds. The van der Waals surface area contributed by atoms with Crippen molar-refractivity contribution < 1.29 is 27.8 Å². The summed E-state index contributed by atoms with van der Waals surface area (Å²) >= 11 is 0. The van der Waals surface area contributed by atoms with Crippen LogP contribution in [0.4, 0.5) is 13.6 Å². The van der Waals surface area contributed by atoms with E-state index >= 15 is 0 Å². The number of pyridine rings is 1. The molecule has 1 aromatic carbocycles. The monoisotopic (exact) mass is 460 g/mol. The lowest BCUT2D eigenvalue weighted by molar-refractivity contribution is 0.0520. The van der Waals surface area contributed by atoms with Gasteiger partial charge in [-0.15, -0.1) is 0 Å². The molecule has 0 bridgehead atoms. The average Bonchev–Trinajstić information content (AvgIpc) is 3.22. The number of halogens is 2. The third kappa shape index (κ3) is 6.64. The first-order valence-electron chi connectivity index (χ1n) is 10.2. The van der Waals surface area contributed by atoms with Gasteiger partial charge in [-0.05, 0) is 57.2 Å². The maximum absolute atomic E-state index is 13.3. The highest BCUT2D eigenvalue weighted by Gasteiger charge is 2.18. The number of alkyl halides is 2. The zero-order valence-electron chi connectivity index (χ0n) is 18.8. The summed E-state index contributed by atoms with van der Waals surface area (Å²) in [5.74, 6) is 0.972. The molecule has 33 heavy (non-hydrogen) atoms. The minimum absolute atomic E-state index is 0.240. The molecule has 0 saturated heterocycles. The number of hydrogen-bond donors (Lipinski definition) is 1. The third-order valence-corrected chi connectivity index (χ3v) is 4.32. The van der Waals surface area contributed by atoms with Crippen LogP contribution < -0.4 is 14.8 Å². The zero-order valence-corrected chi connectivity index (χ0v) is 18.8. The Bertz CT molecular complexity index is 1060. The number of ether oxygens (including phenoxy) is 3. The van der Waals surface area contributed by atoms with Crippen LogP contribution in [0.5, 0.6) is 11.6 Å². The highest BCUT2D eigenvalue weighted by atomic mass is 19.3. The van der Waals surface area contributed by atoms with E-state index in [9.17, 15) is 13.6 Å². The Morgan fingerprint density at radius 2 is 1.88 bits per heavy atom. The number of carbonyl (C=O) groups is 1. The first kappa shape index (κ1) is 24.0. The van der Waals surface area contributed by atoms with E-state index in [1.807, 2.05) is 0 Å². The van der Waals surface area contributed by atoms with Crippen molar-refractivity contribution in [3.8, 4) is 28.6 Å². The van der Waals surface area contributed by atoms with Crippen molar-refractivity contribution in [3.63, 3.8) is 0 Å². The van der Waals surface area contributed by atoms with Crippen LogP contribution in [0, 0.1) is 0 Å². The third-order valence-electron chi connectivity index (χ3n) is 4.32. The minimum atomic E-state index is -2.71. The maximum Gasteiger partial charge on any atom is 0.407 e. The zero-order chi connectivity index (χ0) is 24.0. The van der Waals surface area contributed by atoms with Gasteiger partial charge in [-0.1, -0.05) is 0 Å². The lowest BCUT2D eigenvalue weighted by Gasteiger charge is -2.19. The molecule has 3 aromatic rings. The number of carbonyl (C=O) groups excluding carboxylic acids is 1. The molecule has 0 aliphatic carbocycles. The predicted octanol–water partition coefficient (Wildman–Crippen LogP) is 4.78. The van der Waals surface area contributed by atoms with Gasteiger partial charge in [-0.3, -0.25) is 0 Å². The van der Waals surface area contributed by atoms with E-state index in [0.717, 1.165) is 0 Å². The van der Waals surface area contributed by atoms with E-state index in [-0.39, 0.29) is 18.8 Å². The van der Waals surface area contributed by atoms with Crippen molar-refractivity contribution in [1.29, 1.82) is 0 Å². The summed E-state index contributed by atoms with van der Waals surface area (Å²) in [4.78, 5) is 15.8. The van der Waals surface area contributed by atoms with Crippen molar-refractivity contribution in [2.24, 2.45) is 0 Å². The van der Waals surface area contributed by atoms with Crippen LogP contribution >= 0.6 is 0 Å². The van der Waals surface area contributed by atoms with Gasteiger partial charge < -0.3 is 19.5 Å². The van der Waals surface area contributed by atoms with Gasteiger partial charge in [-0.2, -0.15) is 5.10 Å². The number of benzene rings is 1. The van der Waals surface area contributed by atoms with Gasteiger partial charge >= 0.3 is 6.09 Å². The Morgan fingerprint density at radius 3 is 2.45 bits per heavy atom. The predicted molar refractivity (Wildman–Crippen MR) is 118 cm³/mol. The molecule has 2 aromatic heterocycles. The summed E-state index contributed by atoms with van der Waals surface area (Å²) < 4.78 is 43.9. The van der Waals surface area contributed by atoms with Crippen molar-refractivity contribution in [2.45, 2.75) is 32.8 Å². The molecule has 0 radical (unpaired) electrons. The quantitative estimate of drug-likeness (QED) is 0.487. The van der Waals surface area contributed by atoms with E-state index in [2.05, 4.69) is 15.4 Å². The molecule has 0 saturated carbocycles. The summed E-state index contributed by atoms with van der Waals surface area (Å²) in [5, 5.41) is 6.65. The Labute approximate surface area is 190 Å². The van der Waals surface area contributed by atoms with Gasteiger partial charge in [0.25, 0.3) is 6.43 Å². The number of alkyl carbamates (subject to hydrolysis) is 1. The van der Waals surface area contributed by atoms with E-state index < -0.39 is 18.1 Å². The first-order chi connectivity index (χ1) is 15.7. The van der Waals surface area contributed by atoms with Gasteiger partial charge in [-0.25, -0.2) is 23.2 Å². The summed E-state index contributed by atoms with van der Waals surface area (Å²) in [6.07, 6.45) is -1.73. The van der Waals surface area contributed by atoms with E-state index in [1.165, 1.54) is 24.1 Å². The number of rotatable bonds is 8. The van der Waals surface area contributed by atoms with Gasteiger partial charge in [0.05, 0.1) is 31.2 Å². The molecule has 3 rings (SSSR count). The Balaban J connectivity index is 1.69. The molecule has 0 aliphatic rings. The molecule has 176 valence electrons. The number of hydrogen-bond acceptors (Lipinski definition) is 6. The van der Waals surface area contributed by atoms with Crippen LogP contribution in [0.1, 0.15) is 32.9 Å². The van der Waals surface area contributed by atoms with Crippen LogP contribution in [0.2, 0.25) is 0 Å². The highest BCUT2D eigenvalue weighted by molar-refractivity contribution is 5.67. The molecule has 1 N–H and O–H groups in total. The normalized spacial score (nSPS) is 11.4. The summed E-state index contributed by atoms with van der Waals surface area (Å²) in [5.41, 5.74) is 0.764. The lowest BCUT2D eigenvalue weighted by Crippen LogP contribution is -2.34. The molecule has 0 spiro atoms. The fourth-order valence-electron chi connectivity index (χ4n) is 2.89. The second kappa shape index (κ2) is 10.3. The highest BCUT2D eigenvalue weighted by Crippen LogP contribution is 2.29. The molecule has 0 aliphatic heterocycles. The number of amides is 1. The summed E-state index contributed by atoms with van der Waals surface area (Å²) in [7, 11) is 1.49. The van der Waals surface area contributed by atoms with Crippen LogP contribution in [0.15, 0.2) is 48.7 Å². The van der Waals surface area contributed by atoms with E-state index in [1.54, 1.807) is 57.2 Å². The fourth-order valence-corrected chi connectivity index (χ4v) is 2.89. The average molecular weight is 460 g/mol. The van der Waals surface area contributed by atoms with Crippen LogP contribution in [0.3, 0.4) is 0 Å². The molecule has 2 heterocycles. The van der Waals surface area contributed by atoms with Crippen molar-refractivity contribution >= 4 is 6.09 Å². The Kier molecular flexibility index (Phi) is 7.47.